The number of nitrogens with one attached hydrogen (secondary N) is 1. The Morgan fingerprint density at radius 1 is 0.812 bits per heavy atom. The van der Waals surface area contributed by atoms with Crippen molar-refractivity contribution in [2.45, 2.75) is 12.5 Å². The van der Waals surface area contributed by atoms with Gasteiger partial charge in [0.25, 0.3) is 0 Å². The van der Waals surface area contributed by atoms with Crippen LogP contribution in [0.5, 0.6) is 0 Å². The molecule has 16 heavy (non-hydrogen) atoms. The smallest absolute Gasteiger partial charge is 0.128 e. The Morgan fingerprint density at radius 2 is 1.19 bits per heavy atom. The van der Waals surface area contributed by atoms with E-state index in [1.165, 1.54) is 0 Å². The van der Waals surface area contributed by atoms with Crippen LogP contribution in [0.1, 0.15) is 18.1 Å². The maximum absolute atomic E-state index is 7.46. The van der Waals surface area contributed by atoms with Gasteiger partial charge in [-0.15, -0.1) is 0 Å². The summed E-state index contributed by atoms with van der Waals surface area (Å²) in [5.74, 6) is 0. The van der Waals surface area contributed by atoms with Gasteiger partial charge in [0.05, 0.1) is 0 Å². The van der Waals surface area contributed by atoms with Crippen LogP contribution in [0.25, 0.3) is 0 Å². The summed E-state index contributed by atoms with van der Waals surface area (Å²) < 4.78 is 0. The molecule has 0 unspecified atom stereocenters. The van der Waals surface area contributed by atoms with Crippen LogP contribution in [0.15, 0.2) is 65.8 Å². The molecule has 0 aliphatic heterocycles. The molecule has 0 aliphatic rings. The molecule has 0 heterocycles. The molecule has 0 atom stereocenters. The highest BCUT2D eigenvalue weighted by Gasteiger charge is 2.27. The molecule has 0 radical (unpaired) electrons. The zero-order valence-corrected chi connectivity index (χ0v) is 9.22. The minimum atomic E-state index is -0.581. The molecule has 0 spiro atoms. The topological polar surface area (TPSA) is 36.2 Å². The summed E-state index contributed by atoms with van der Waals surface area (Å²) >= 11 is 0. The molecule has 2 aromatic carbocycles. The van der Waals surface area contributed by atoms with Crippen LogP contribution in [0.2, 0.25) is 0 Å². The third-order valence-electron chi connectivity index (χ3n) is 2.90. The fraction of sp³-hybridized carbons (Fsp3) is 0.143. The van der Waals surface area contributed by atoms with Crippen molar-refractivity contribution in [1.82, 2.24) is 0 Å². The standard InChI is InChI=1S/C14H14N2/c1-14(16-15,12-8-4-2-5-9-12)13-10-6-3-7-11-13/h2-11,15H,1H3. The zero-order chi connectivity index (χ0) is 11.4. The highest BCUT2D eigenvalue weighted by molar-refractivity contribution is 5.37. The van der Waals surface area contributed by atoms with Gasteiger partial charge >= 0.3 is 0 Å². The molecule has 1 N–H and O–H groups in total. The molecule has 0 saturated carbocycles. The maximum Gasteiger partial charge on any atom is 0.128 e. The van der Waals surface area contributed by atoms with Crippen LogP contribution in [0.3, 0.4) is 0 Å². The van der Waals surface area contributed by atoms with E-state index in [-0.39, 0.29) is 0 Å². The Bertz CT molecular complexity index is 423. The van der Waals surface area contributed by atoms with Gasteiger partial charge in [0, 0.05) is 0 Å². The molecule has 0 aliphatic carbocycles. The zero-order valence-electron chi connectivity index (χ0n) is 9.22. The molecule has 2 rings (SSSR count). The Hall–Kier alpha value is -1.96. The third-order valence-corrected chi connectivity index (χ3v) is 2.90. The Balaban J connectivity index is 2.53. The van der Waals surface area contributed by atoms with Crippen molar-refractivity contribution < 1.29 is 0 Å². The lowest BCUT2D eigenvalue weighted by molar-refractivity contribution is 0.554. The minimum Gasteiger partial charge on any atom is -0.209 e. The minimum absolute atomic E-state index is 0.581. The summed E-state index contributed by atoms with van der Waals surface area (Å²) in [5.41, 5.74) is 8.95. The Morgan fingerprint density at radius 3 is 1.50 bits per heavy atom. The van der Waals surface area contributed by atoms with E-state index in [0.29, 0.717) is 0 Å². The van der Waals surface area contributed by atoms with Gasteiger partial charge in [-0.25, -0.2) is 5.53 Å². The van der Waals surface area contributed by atoms with Gasteiger partial charge in [-0.3, -0.25) is 0 Å². The van der Waals surface area contributed by atoms with Crippen molar-refractivity contribution in [3.05, 3.63) is 71.8 Å². The second kappa shape index (κ2) is 4.27. The lowest BCUT2D eigenvalue weighted by atomic mass is 9.86. The molecule has 0 saturated heterocycles. The molecular weight excluding hydrogens is 196 g/mol. The van der Waals surface area contributed by atoms with E-state index in [2.05, 4.69) is 5.11 Å². The lowest BCUT2D eigenvalue weighted by Gasteiger charge is -2.24. The van der Waals surface area contributed by atoms with Crippen molar-refractivity contribution in [2.24, 2.45) is 5.11 Å². The van der Waals surface area contributed by atoms with E-state index in [0.717, 1.165) is 11.1 Å². The number of hydrogen-bond donors (Lipinski definition) is 1. The van der Waals surface area contributed by atoms with Crippen molar-refractivity contribution >= 4 is 0 Å². The van der Waals surface area contributed by atoms with Crippen molar-refractivity contribution in [2.75, 3.05) is 0 Å². The fourth-order valence-electron chi connectivity index (χ4n) is 1.82. The van der Waals surface area contributed by atoms with Crippen molar-refractivity contribution in [3.8, 4) is 0 Å². The quantitative estimate of drug-likeness (QED) is 0.744. The van der Waals surface area contributed by atoms with E-state index in [1.54, 1.807) is 0 Å². The molecule has 2 nitrogen and oxygen atoms in total. The van der Waals surface area contributed by atoms with Crippen LogP contribution in [0, 0.1) is 5.53 Å². The monoisotopic (exact) mass is 210 g/mol. The summed E-state index contributed by atoms with van der Waals surface area (Å²) in [6, 6.07) is 19.9. The van der Waals surface area contributed by atoms with E-state index < -0.39 is 5.54 Å². The third kappa shape index (κ3) is 1.74. The SMILES string of the molecule is CC(N=N)(c1ccccc1)c1ccccc1. The molecule has 2 heteroatoms. The predicted octanol–water partition coefficient (Wildman–Crippen LogP) is 3.98. The summed E-state index contributed by atoms with van der Waals surface area (Å²) in [6.07, 6.45) is 0. The second-order valence-corrected chi connectivity index (χ2v) is 3.92. The molecule has 80 valence electrons. The van der Waals surface area contributed by atoms with Crippen molar-refractivity contribution in [3.63, 3.8) is 0 Å². The average Bonchev–Trinajstić information content (AvgIpc) is 2.40. The van der Waals surface area contributed by atoms with Gasteiger partial charge in [-0.05, 0) is 18.1 Å². The van der Waals surface area contributed by atoms with Gasteiger partial charge in [-0.1, -0.05) is 60.7 Å². The lowest BCUT2D eigenvalue weighted by Crippen LogP contribution is -2.19. The summed E-state index contributed by atoms with van der Waals surface area (Å²) in [4.78, 5) is 0. The van der Waals surface area contributed by atoms with Crippen LogP contribution in [-0.2, 0) is 5.54 Å². The first kappa shape index (κ1) is 10.6. The van der Waals surface area contributed by atoms with E-state index in [9.17, 15) is 0 Å². The van der Waals surface area contributed by atoms with Crippen LogP contribution in [0.4, 0.5) is 0 Å². The van der Waals surface area contributed by atoms with Gasteiger partial charge in [0.2, 0.25) is 0 Å². The molecule has 0 fully saturated rings. The number of nitrogens with zero attached hydrogens (tertiary/aromatic N) is 1. The van der Waals surface area contributed by atoms with E-state index in [4.69, 9.17) is 5.53 Å². The van der Waals surface area contributed by atoms with Crippen molar-refractivity contribution in [1.29, 1.82) is 5.53 Å². The van der Waals surface area contributed by atoms with Crippen LogP contribution in [-0.4, -0.2) is 0 Å². The van der Waals surface area contributed by atoms with Crippen LogP contribution < -0.4 is 0 Å². The Kier molecular flexibility index (Phi) is 2.82. The molecular formula is C14H14N2. The summed E-state index contributed by atoms with van der Waals surface area (Å²) in [6.45, 7) is 1.96. The number of rotatable bonds is 3. The first-order valence-corrected chi connectivity index (χ1v) is 5.27. The normalized spacial score (nSPS) is 11.1. The van der Waals surface area contributed by atoms with Gasteiger partial charge in [0.1, 0.15) is 5.54 Å². The molecule has 0 amide bonds. The summed E-state index contributed by atoms with van der Waals surface area (Å²) in [7, 11) is 0. The van der Waals surface area contributed by atoms with E-state index in [1.807, 2.05) is 67.6 Å². The molecule has 2 aromatic rings. The van der Waals surface area contributed by atoms with Gasteiger partial charge in [0.15, 0.2) is 0 Å². The first-order valence-electron chi connectivity index (χ1n) is 5.27. The number of benzene rings is 2. The Labute approximate surface area is 95.5 Å². The predicted molar refractivity (Wildman–Crippen MR) is 64.5 cm³/mol. The largest absolute Gasteiger partial charge is 0.209 e. The highest BCUT2D eigenvalue weighted by Crippen LogP contribution is 2.32. The van der Waals surface area contributed by atoms with Gasteiger partial charge < -0.3 is 0 Å². The second-order valence-electron chi connectivity index (χ2n) is 3.92. The highest BCUT2D eigenvalue weighted by atomic mass is 15.0. The van der Waals surface area contributed by atoms with Gasteiger partial charge in [-0.2, -0.15) is 5.11 Å². The van der Waals surface area contributed by atoms with E-state index >= 15 is 0 Å². The van der Waals surface area contributed by atoms with Crippen LogP contribution >= 0.6 is 0 Å². The molecule has 0 bridgehead atoms. The fourth-order valence-corrected chi connectivity index (χ4v) is 1.82. The maximum atomic E-state index is 7.46. The summed E-state index contributed by atoms with van der Waals surface area (Å²) in [5, 5.41) is 3.81. The average molecular weight is 210 g/mol. The number of hydrogen-bond acceptors (Lipinski definition) is 2. The first-order chi connectivity index (χ1) is 7.77. The molecule has 0 aromatic heterocycles.